The zero-order valence-corrected chi connectivity index (χ0v) is 14.8. The minimum Gasteiger partial charge on any atom is -0.384 e. The average Bonchev–Trinajstić information content (AvgIpc) is 2.60. The molecule has 2 aliphatic rings. The van der Waals surface area contributed by atoms with Gasteiger partial charge in [-0.3, -0.25) is 4.79 Å². The number of ether oxygens (including phenoxy) is 1. The molecule has 1 aliphatic heterocycles. The van der Waals surface area contributed by atoms with Gasteiger partial charge in [0.25, 0.3) is 0 Å². The van der Waals surface area contributed by atoms with Gasteiger partial charge in [-0.2, -0.15) is 0 Å². The highest BCUT2D eigenvalue weighted by Crippen LogP contribution is 2.28. The molecule has 0 aromatic heterocycles. The van der Waals surface area contributed by atoms with Crippen LogP contribution in [0, 0.1) is 5.41 Å². The molecule has 1 saturated carbocycles. The van der Waals surface area contributed by atoms with Gasteiger partial charge in [-0.15, -0.1) is 0 Å². The van der Waals surface area contributed by atoms with E-state index in [1.165, 1.54) is 19.3 Å². The van der Waals surface area contributed by atoms with Crippen molar-refractivity contribution in [3.63, 3.8) is 0 Å². The molecule has 138 valence electrons. The summed E-state index contributed by atoms with van der Waals surface area (Å²) in [5.41, 5.74) is 0.0000161. The number of carbonyl (C=O) groups excluding carboxylic acids is 2. The Morgan fingerprint density at radius 1 is 1.12 bits per heavy atom. The molecule has 4 N–H and O–H groups in total. The van der Waals surface area contributed by atoms with Crippen LogP contribution in [-0.4, -0.2) is 57.9 Å². The van der Waals surface area contributed by atoms with Gasteiger partial charge in [-0.1, -0.05) is 19.3 Å². The number of methoxy groups -OCH3 is 1. The standard InChI is InChI=1S/C17H32N4O3/c1-24-13-17(7-9-18-10-8-17)12-20-15(22)11-19-16(23)21-14-5-3-2-4-6-14/h14,18H,2-13H2,1H3,(H,20,22)(H2,19,21,23). The summed E-state index contributed by atoms with van der Waals surface area (Å²) in [6, 6.07) is 0.00652. The van der Waals surface area contributed by atoms with Crippen LogP contribution in [0.4, 0.5) is 4.79 Å². The fourth-order valence-corrected chi connectivity index (χ4v) is 3.63. The van der Waals surface area contributed by atoms with Gasteiger partial charge in [0.1, 0.15) is 0 Å². The third-order valence-corrected chi connectivity index (χ3v) is 5.13. The second-order valence-electron chi connectivity index (χ2n) is 7.12. The molecule has 1 saturated heterocycles. The van der Waals surface area contributed by atoms with Crippen molar-refractivity contribution >= 4 is 11.9 Å². The second kappa shape index (κ2) is 9.84. The van der Waals surface area contributed by atoms with Crippen molar-refractivity contribution in [2.45, 2.75) is 51.0 Å². The average molecular weight is 340 g/mol. The molecule has 0 spiro atoms. The maximum absolute atomic E-state index is 12.0. The van der Waals surface area contributed by atoms with Gasteiger partial charge in [0.2, 0.25) is 5.91 Å². The minimum absolute atomic E-state index is 0.0000161. The molecule has 7 heteroatoms. The fraction of sp³-hybridized carbons (Fsp3) is 0.882. The van der Waals surface area contributed by atoms with E-state index >= 15 is 0 Å². The second-order valence-corrected chi connectivity index (χ2v) is 7.12. The summed E-state index contributed by atoms with van der Waals surface area (Å²) >= 11 is 0. The maximum Gasteiger partial charge on any atom is 0.315 e. The molecule has 7 nitrogen and oxygen atoms in total. The zero-order valence-electron chi connectivity index (χ0n) is 14.8. The molecule has 0 aromatic rings. The first-order chi connectivity index (χ1) is 11.6. The highest BCUT2D eigenvalue weighted by molar-refractivity contribution is 5.84. The molecule has 2 fully saturated rings. The molecule has 1 heterocycles. The van der Waals surface area contributed by atoms with Crippen LogP contribution in [0.2, 0.25) is 0 Å². The molecule has 1 aliphatic carbocycles. The van der Waals surface area contributed by atoms with Crippen LogP contribution in [0.25, 0.3) is 0 Å². The van der Waals surface area contributed by atoms with Gasteiger partial charge in [-0.25, -0.2) is 4.79 Å². The Hall–Kier alpha value is -1.34. The number of piperidine rings is 1. The number of amides is 3. The van der Waals surface area contributed by atoms with Gasteiger partial charge < -0.3 is 26.0 Å². The van der Waals surface area contributed by atoms with Crippen LogP contribution in [0.3, 0.4) is 0 Å². The number of hydrogen-bond donors (Lipinski definition) is 4. The summed E-state index contributed by atoms with van der Waals surface area (Å²) in [5, 5.41) is 11.9. The van der Waals surface area contributed by atoms with Crippen LogP contribution in [0.15, 0.2) is 0 Å². The lowest BCUT2D eigenvalue weighted by Crippen LogP contribution is -2.50. The first-order valence-electron chi connectivity index (χ1n) is 9.14. The summed E-state index contributed by atoms with van der Waals surface area (Å²) < 4.78 is 5.34. The predicted molar refractivity (Wildman–Crippen MR) is 92.8 cm³/mol. The molecule has 2 rings (SSSR count). The van der Waals surface area contributed by atoms with Crippen LogP contribution >= 0.6 is 0 Å². The molecule has 0 bridgehead atoms. The van der Waals surface area contributed by atoms with Crippen molar-refractivity contribution in [2.75, 3.05) is 39.9 Å². The number of nitrogens with one attached hydrogen (secondary N) is 4. The van der Waals surface area contributed by atoms with E-state index in [-0.39, 0.29) is 29.9 Å². The van der Waals surface area contributed by atoms with Gasteiger partial charge in [0.15, 0.2) is 0 Å². The third-order valence-electron chi connectivity index (χ3n) is 5.13. The summed E-state index contributed by atoms with van der Waals surface area (Å²) in [6.45, 7) is 3.14. The quantitative estimate of drug-likeness (QED) is 0.550. The first kappa shape index (κ1) is 19.0. The molecule has 0 unspecified atom stereocenters. The third kappa shape index (κ3) is 6.28. The van der Waals surface area contributed by atoms with E-state index in [4.69, 9.17) is 4.74 Å². The molecule has 24 heavy (non-hydrogen) atoms. The number of carbonyl (C=O) groups is 2. The zero-order chi connectivity index (χ0) is 17.3. The Labute approximate surface area is 144 Å². The lowest BCUT2D eigenvalue weighted by molar-refractivity contribution is -0.121. The van der Waals surface area contributed by atoms with E-state index in [2.05, 4.69) is 21.3 Å². The topological polar surface area (TPSA) is 91.5 Å². The van der Waals surface area contributed by atoms with Crippen LogP contribution in [0.5, 0.6) is 0 Å². The number of rotatable bonds is 7. The Morgan fingerprint density at radius 2 is 1.83 bits per heavy atom. The molecular formula is C17H32N4O3. The molecule has 3 amide bonds. The Bertz CT molecular complexity index is 399. The maximum atomic E-state index is 12.0. The Balaban J connectivity index is 1.65. The first-order valence-corrected chi connectivity index (χ1v) is 9.14. The summed E-state index contributed by atoms with van der Waals surface area (Å²) in [5.74, 6) is -0.150. The number of urea groups is 1. The van der Waals surface area contributed by atoms with Crippen molar-refractivity contribution in [2.24, 2.45) is 5.41 Å². The van der Waals surface area contributed by atoms with Gasteiger partial charge in [0, 0.05) is 25.1 Å². The smallest absolute Gasteiger partial charge is 0.315 e. The summed E-state index contributed by atoms with van der Waals surface area (Å²) in [7, 11) is 1.70. The van der Waals surface area contributed by atoms with E-state index in [9.17, 15) is 9.59 Å². The van der Waals surface area contributed by atoms with Crippen molar-refractivity contribution in [1.82, 2.24) is 21.3 Å². The van der Waals surface area contributed by atoms with E-state index in [1.54, 1.807) is 7.11 Å². The predicted octanol–water partition coefficient (Wildman–Crippen LogP) is 0.751. The van der Waals surface area contributed by atoms with Crippen LogP contribution in [-0.2, 0) is 9.53 Å². The van der Waals surface area contributed by atoms with Crippen molar-refractivity contribution in [3.05, 3.63) is 0 Å². The van der Waals surface area contributed by atoms with E-state index in [1.807, 2.05) is 0 Å². The molecule has 0 radical (unpaired) electrons. The van der Waals surface area contributed by atoms with Gasteiger partial charge >= 0.3 is 6.03 Å². The van der Waals surface area contributed by atoms with Crippen molar-refractivity contribution < 1.29 is 14.3 Å². The van der Waals surface area contributed by atoms with Gasteiger partial charge in [0.05, 0.1) is 13.2 Å². The Morgan fingerprint density at radius 3 is 2.50 bits per heavy atom. The molecular weight excluding hydrogens is 308 g/mol. The summed E-state index contributed by atoms with van der Waals surface area (Å²) in [4.78, 5) is 23.9. The number of hydrogen-bond acceptors (Lipinski definition) is 4. The highest BCUT2D eigenvalue weighted by Gasteiger charge is 2.32. The van der Waals surface area contributed by atoms with Crippen LogP contribution < -0.4 is 21.3 Å². The normalized spacial score (nSPS) is 21.0. The van der Waals surface area contributed by atoms with Crippen molar-refractivity contribution in [1.29, 1.82) is 0 Å². The largest absolute Gasteiger partial charge is 0.384 e. The fourth-order valence-electron chi connectivity index (χ4n) is 3.63. The lowest BCUT2D eigenvalue weighted by Gasteiger charge is -2.37. The van der Waals surface area contributed by atoms with E-state index in [0.29, 0.717) is 13.2 Å². The van der Waals surface area contributed by atoms with Gasteiger partial charge in [-0.05, 0) is 38.8 Å². The van der Waals surface area contributed by atoms with E-state index in [0.717, 1.165) is 38.8 Å². The van der Waals surface area contributed by atoms with Crippen molar-refractivity contribution in [3.8, 4) is 0 Å². The monoisotopic (exact) mass is 340 g/mol. The SMILES string of the molecule is COCC1(CNC(=O)CNC(=O)NC2CCCCC2)CCNCC1. The van der Waals surface area contributed by atoms with Crippen LogP contribution in [0.1, 0.15) is 44.9 Å². The highest BCUT2D eigenvalue weighted by atomic mass is 16.5. The van der Waals surface area contributed by atoms with E-state index < -0.39 is 0 Å². The molecule has 0 aromatic carbocycles. The minimum atomic E-state index is -0.245. The molecule has 0 atom stereocenters. The summed E-state index contributed by atoms with van der Waals surface area (Å²) in [6.07, 6.45) is 7.62. The Kier molecular flexibility index (Phi) is 7.78. The lowest BCUT2D eigenvalue weighted by atomic mass is 9.79.